The molecule has 1 aromatic carbocycles. The third-order valence-corrected chi connectivity index (χ3v) is 4.98. The van der Waals surface area contributed by atoms with Crippen molar-refractivity contribution in [1.29, 1.82) is 0 Å². The van der Waals surface area contributed by atoms with Crippen LogP contribution in [0.4, 0.5) is 5.00 Å². The zero-order valence-electron chi connectivity index (χ0n) is 14.4. The highest BCUT2D eigenvalue weighted by atomic mass is 32.1. The normalized spacial score (nSPS) is 10.4. The molecule has 8 heteroatoms. The molecule has 0 unspecified atom stereocenters. The van der Waals surface area contributed by atoms with Crippen LogP contribution < -0.4 is 10.6 Å². The lowest BCUT2D eigenvalue weighted by atomic mass is 10.1. The number of rotatable bonds is 5. The highest BCUT2D eigenvalue weighted by molar-refractivity contribution is 7.80. The molecule has 6 nitrogen and oxygen atoms in total. The Hall–Kier alpha value is -2.71. The zero-order chi connectivity index (χ0) is 18.5. The van der Waals surface area contributed by atoms with E-state index < -0.39 is 5.97 Å². The summed E-state index contributed by atoms with van der Waals surface area (Å²) in [7, 11) is 3.23. The number of benzene rings is 1. The zero-order valence-corrected chi connectivity index (χ0v) is 16.0. The molecule has 0 fully saturated rings. The van der Waals surface area contributed by atoms with E-state index in [0.717, 1.165) is 16.0 Å². The molecular formula is C18H18N4O2S2. The molecule has 2 heterocycles. The van der Waals surface area contributed by atoms with Gasteiger partial charge in [-0.3, -0.25) is 4.68 Å². The lowest BCUT2D eigenvalue weighted by molar-refractivity contribution is 0.0602. The molecular weight excluding hydrogens is 368 g/mol. The van der Waals surface area contributed by atoms with Crippen LogP contribution in [0, 0.1) is 0 Å². The second-order valence-corrected chi connectivity index (χ2v) is 7.00. The van der Waals surface area contributed by atoms with Crippen molar-refractivity contribution in [2.24, 2.45) is 7.05 Å². The Bertz CT molecular complexity index is 918. The third kappa shape index (κ3) is 4.27. The molecule has 0 radical (unpaired) electrons. The van der Waals surface area contributed by atoms with Crippen molar-refractivity contribution in [2.75, 3.05) is 12.4 Å². The van der Waals surface area contributed by atoms with Gasteiger partial charge in [0.25, 0.3) is 0 Å². The fourth-order valence-electron chi connectivity index (χ4n) is 2.38. The average molecular weight is 387 g/mol. The number of carbonyl (C=O) groups excluding carboxylic acids is 1. The molecule has 0 atom stereocenters. The second-order valence-electron chi connectivity index (χ2n) is 5.54. The highest BCUT2D eigenvalue weighted by Crippen LogP contribution is 2.35. The van der Waals surface area contributed by atoms with Crippen molar-refractivity contribution in [3.05, 3.63) is 59.9 Å². The van der Waals surface area contributed by atoms with Crippen LogP contribution in [0.3, 0.4) is 0 Å². The van der Waals surface area contributed by atoms with E-state index in [2.05, 4.69) is 15.7 Å². The van der Waals surface area contributed by atoms with Crippen LogP contribution in [0.5, 0.6) is 0 Å². The first-order valence-electron chi connectivity index (χ1n) is 7.86. The van der Waals surface area contributed by atoms with Gasteiger partial charge in [-0.1, -0.05) is 30.3 Å². The minimum atomic E-state index is -0.402. The van der Waals surface area contributed by atoms with Gasteiger partial charge in [0, 0.05) is 30.2 Å². The Morgan fingerprint density at radius 1 is 1.35 bits per heavy atom. The predicted molar refractivity (Wildman–Crippen MR) is 107 cm³/mol. The minimum Gasteiger partial charge on any atom is -0.465 e. The molecule has 2 aromatic heterocycles. The fourth-order valence-corrected chi connectivity index (χ4v) is 3.68. The Labute approximate surface area is 160 Å². The number of nitrogens with one attached hydrogen (secondary N) is 2. The molecule has 0 aliphatic carbocycles. The van der Waals surface area contributed by atoms with Crippen LogP contribution in [0.15, 0.2) is 48.8 Å². The molecule has 0 saturated heterocycles. The molecule has 0 amide bonds. The first kappa shape index (κ1) is 18.1. The summed E-state index contributed by atoms with van der Waals surface area (Å²) in [6.07, 6.45) is 3.68. The van der Waals surface area contributed by atoms with Gasteiger partial charge in [0.2, 0.25) is 0 Å². The summed E-state index contributed by atoms with van der Waals surface area (Å²) in [5.74, 6) is -0.402. The van der Waals surface area contributed by atoms with Gasteiger partial charge in [-0.15, -0.1) is 11.3 Å². The second kappa shape index (κ2) is 8.11. The average Bonchev–Trinajstić information content (AvgIpc) is 3.26. The van der Waals surface area contributed by atoms with Gasteiger partial charge in [-0.25, -0.2) is 4.79 Å². The van der Waals surface area contributed by atoms with Gasteiger partial charge in [-0.05, 0) is 23.8 Å². The number of esters is 1. The first-order chi connectivity index (χ1) is 12.6. The fraction of sp³-hybridized carbons (Fsp3) is 0.167. The van der Waals surface area contributed by atoms with E-state index in [9.17, 15) is 4.79 Å². The number of nitrogens with zero attached hydrogens (tertiary/aromatic N) is 2. The number of hydrogen-bond acceptors (Lipinski definition) is 5. The van der Waals surface area contributed by atoms with E-state index in [-0.39, 0.29) is 0 Å². The largest absolute Gasteiger partial charge is 0.465 e. The van der Waals surface area contributed by atoms with Gasteiger partial charge >= 0.3 is 5.97 Å². The number of thiocarbonyl (C=S) groups is 1. The number of ether oxygens (including phenoxy) is 1. The molecule has 0 aliphatic heterocycles. The van der Waals surface area contributed by atoms with Gasteiger partial charge in [0.05, 0.1) is 18.9 Å². The maximum atomic E-state index is 12.1. The summed E-state index contributed by atoms with van der Waals surface area (Å²) in [5.41, 5.74) is 2.51. The van der Waals surface area contributed by atoms with Crippen molar-refractivity contribution in [1.82, 2.24) is 15.1 Å². The van der Waals surface area contributed by atoms with Crippen LogP contribution in [-0.2, 0) is 18.3 Å². The number of aromatic nitrogens is 2. The number of hydrogen-bond donors (Lipinski definition) is 2. The number of carbonyl (C=O) groups is 1. The van der Waals surface area contributed by atoms with Crippen LogP contribution in [0.25, 0.3) is 10.4 Å². The standard InChI is InChI=1S/C18H18N4O2S2/c1-22-11-12(10-20-22)9-19-18(25)21-16-14(17(23)24-2)8-15(26-16)13-6-4-3-5-7-13/h3-8,10-11H,9H2,1-2H3,(H2,19,21,25). The molecule has 0 aliphatic rings. The highest BCUT2D eigenvalue weighted by Gasteiger charge is 2.18. The van der Waals surface area contributed by atoms with Crippen LogP contribution in [0.1, 0.15) is 15.9 Å². The van der Waals surface area contributed by atoms with Crippen LogP contribution >= 0.6 is 23.6 Å². The summed E-state index contributed by atoms with van der Waals surface area (Å²) in [5, 5.41) is 11.4. The smallest absolute Gasteiger partial charge is 0.340 e. The van der Waals surface area contributed by atoms with Crippen molar-refractivity contribution in [2.45, 2.75) is 6.54 Å². The summed E-state index contributed by atoms with van der Waals surface area (Å²) in [6, 6.07) is 11.7. The van der Waals surface area contributed by atoms with Crippen molar-refractivity contribution in [3.8, 4) is 10.4 Å². The van der Waals surface area contributed by atoms with E-state index in [1.165, 1.54) is 18.4 Å². The first-order valence-corrected chi connectivity index (χ1v) is 9.09. The number of anilines is 1. The lowest BCUT2D eigenvalue weighted by Crippen LogP contribution is -2.28. The predicted octanol–water partition coefficient (Wildman–Crippen LogP) is 3.42. The Morgan fingerprint density at radius 2 is 2.12 bits per heavy atom. The molecule has 3 aromatic rings. The molecule has 0 bridgehead atoms. The quantitative estimate of drug-likeness (QED) is 0.517. The molecule has 3 rings (SSSR count). The summed E-state index contributed by atoms with van der Waals surface area (Å²) >= 11 is 6.81. The number of aryl methyl sites for hydroxylation is 1. The van der Waals surface area contributed by atoms with Gasteiger partial charge in [0.15, 0.2) is 5.11 Å². The van der Waals surface area contributed by atoms with E-state index in [0.29, 0.717) is 22.2 Å². The summed E-state index contributed by atoms with van der Waals surface area (Å²) < 4.78 is 6.62. The molecule has 26 heavy (non-hydrogen) atoms. The maximum Gasteiger partial charge on any atom is 0.340 e. The lowest BCUT2D eigenvalue weighted by Gasteiger charge is -2.09. The van der Waals surface area contributed by atoms with Crippen molar-refractivity contribution < 1.29 is 9.53 Å². The van der Waals surface area contributed by atoms with Gasteiger partial charge in [0.1, 0.15) is 5.00 Å². The van der Waals surface area contributed by atoms with E-state index in [1.807, 2.05) is 49.6 Å². The molecule has 2 N–H and O–H groups in total. The summed E-state index contributed by atoms with van der Waals surface area (Å²) in [6.45, 7) is 0.546. The Kier molecular flexibility index (Phi) is 5.65. The number of thiophene rings is 1. The van der Waals surface area contributed by atoms with Crippen molar-refractivity contribution in [3.63, 3.8) is 0 Å². The minimum absolute atomic E-state index is 0.402. The third-order valence-electron chi connectivity index (χ3n) is 3.63. The van der Waals surface area contributed by atoms with Crippen LogP contribution in [0.2, 0.25) is 0 Å². The topological polar surface area (TPSA) is 68.2 Å². The van der Waals surface area contributed by atoms with Gasteiger partial charge in [-0.2, -0.15) is 5.10 Å². The Morgan fingerprint density at radius 3 is 2.77 bits per heavy atom. The van der Waals surface area contributed by atoms with Crippen LogP contribution in [-0.4, -0.2) is 28.0 Å². The summed E-state index contributed by atoms with van der Waals surface area (Å²) in [4.78, 5) is 13.1. The Balaban J connectivity index is 1.76. The maximum absolute atomic E-state index is 12.1. The van der Waals surface area contributed by atoms with Crippen molar-refractivity contribution >= 4 is 39.6 Å². The molecule has 134 valence electrons. The number of methoxy groups -OCH3 is 1. The van der Waals surface area contributed by atoms with E-state index in [4.69, 9.17) is 17.0 Å². The van der Waals surface area contributed by atoms with Gasteiger partial charge < -0.3 is 15.4 Å². The molecule has 0 spiro atoms. The monoisotopic (exact) mass is 386 g/mol. The van der Waals surface area contributed by atoms with E-state index in [1.54, 1.807) is 10.9 Å². The SMILES string of the molecule is COC(=O)c1cc(-c2ccccc2)sc1NC(=S)NCc1cnn(C)c1. The van der Waals surface area contributed by atoms with E-state index >= 15 is 0 Å². The molecule has 0 saturated carbocycles.